The highest BCUT2D eigenvalue weighted by molar-refractivity contribution is 5.95. The van der Waals surface area contributed by atoms with Gasteiger partial charge in [0, 0.05) is 47.7 Å². The number of amides is 2. The van der Waals surface area contributed by atoms with Gasteiger partial charge in [-0.3, -0.25) is 9.59 Å². The van der Waals surface area contributed by atoms with E-state index in [9.17, 15) is 14.0 Å². The van der Waals surface area contributed by atoms with E-state index in [2.05, 4.69) is 10.3 Å². The van der Waals surface area contributed by atoms with E-state index in [1.807, 2.05) is 66.4 Å². The van der Waals surface area contributed by atoms with Crippen LogP contribution in [-0.2, 0) is 11.2 Å². The SMILES string of the molecule is Cc1[nH]c2ccc(F)cc2c1CCNC(=O)C1CCN(C(=O)c2ccc(-c3ccccc3)cc2)CC1. The summed E-state index contributed by atoms with van der Waals surface area (Å²) in [7, 11) is 0. The Morgan fingerprint density at radius 1 is 0.972 bits per heavy atom. The van der Waals surface area contributed by atoms with Crippen molar-refractivity contribution in [2.24, 2.45) is 5.92 Å². The minimum Gasteiger partial charge on any atom is -0.358 e. The lowest BCUT2D eigenvalue weighted by Gasteiger charge is -2.31. The van der Waals surface area contributed by atoms with E-state index < -0.39 is 0 Å². The summed E-state index contributed by atoms with van der Waals surface area (Å²) in [6, 6.07) is 22.5. The monoisotopic (exact) mass is 483 g/mol. The van der Waals surface area contributed by atoms with Crippen LogP contribution in [0.4, 0.5) is 4.39 Å². The minimum atomic E-state index is -0.264. The fraction of sp³-hybridized carbons (Fsp3) is 0.267. The summed E-state index contributed by atoms with van der Waals surface area (Å²) in [6.45, 7) is 3.60. The van der Waals surface area contributed by atoms with Crippen LogP contribution in [-0.4, -0.2) is 41.3 Å². The van der Waals surface area contributed by atoms with Gasteiger partial charge in [0.05, 0.1) is 0 Å². The number of likely N-dealkylation sites (tertiary alicyclic amines) is 1. The van der Waals surface area contributed by atoms with Crippen LogP contribution in [0.3, 0.4) is 0 Å². The highest BCUT2D eigenvalue weighted by Gasteiger charge is 2.27. The normalized spacial score (nSPS) is 14.2. The van der Waals surface area contributed by atoms with Crippen LogP contribution >= 0.6 is 0 Å². The molecule has 4 aromatic rings. The molecule has 36 heavy (non-hydrogen) atoms. The zero-order valence-electron chi connectivity index (χ0n) is 20.4. The predicted molar refractivity (Wildman–Crippen MR) is 140 cm³/mol. The number of aryl methyl sites for hydroxylation is 1. The number of hydrogen-bond donors (Lipinski definition) is 2. The standard InChI is InChI=1S/C30H30FN3O2/c1-20-26(27-19-25(31)11-12-28(27)33-20)13-16-32-29(35)23-14-17-34(18-15-23)30(36)24-9-7-22(8-10-24)21-5-3-2-4-6-21/h2-12,19,23,33H,13-18H2,1H3,(H,32,35). The number of H-pyrrole nitrogens is 1. The Morgan fingerprint density at radius 3 is 2.39 bits per heavy atom. The number of fused-ring (bicyclic) bond motifs is 1. The van der Waals surface area contributed by atoms with E-state index in [0.717, 1.165) is 33.3 Å². The molecule has 1 aromatic heterocycles. The average molecular weight is 484 g/mol. The number of aromatic nitrogens is 1. The van der Waals surface area contributed by atoms with Crippen molar-refractivity contribution < 1.29 is 14.0 Å². The van der Waals surface area contributed by atoms with Gasteiger partial charge in [-0.15, -0.1) is 0 Å². The average Bonchev–Trinajstić information content (AvgIpc) is 3.23. The second kappa shape index (κ2) is 10.4. The maximum Gasteiger partial charge on any atom is 0.253 e. The quantitative estimate of drug-likeness (QED) is 0.381. The van der Waals surface area contributed by atoms with Gasteiger partial charge in [-0.05, 0) is 73.2 Å². The Bertz CT molecular complexity index is 1370. The third kappa shape index (κ3) is 5.03. The summed E-state index contributed by atoms with van der Waals surface area (Å²) in [6.07, 6.45) is 1.94. The molecule has 0 unspecified atom stereocenters. The summed E-state index contributed by atoms with van der Waals surface area (Å²) in [5.74, 6) is -0.329. The van der Waals surface area contributed by atoms with Gasteiger partial charge in [0.1, 0.15) is 5.82 Å². The van der Waals surface area contributed by atoms with Crippen LogP contribution < -0.4 is 5.32 Å². The topological polar surface area (TPSA) is 65.2 Å². The number of rotatable bonds is 6. The molecule has 5 nitrogen and oxygen atoms in total. The fourth-order valence-electron chi connectivity index (χ4n) is 5.10. The van der Waals surface area contributed by atoms with E-state index >= 15 is 0 Å². The molecule has 1 saturated heterocycles. The third-order valence-electron chi connectivity index (χ3n) is 7.15. The Balaban J connectivity index is 1.12. The van der Waals surface area contributed by atoms with Gasteiger partial charge in [-0.2, -0.15) is 0 Å². The highest BCUT2D eigenvalue weighted by atomic mass is 19.1. The van der Waals surface area contributed by atoms with E-state index in [-0.39, 0.29) is 23.5 Å². The molecule has 3 aromatic carbocycles. The molecule has 0 bridgehead atoms. The summed E-state index contributed by atoms with van der Waals surface area (Å²) < 4.78 is 13.7. The fourth-order valence-corrected chi connectivity index (χ4v) is 5.10. The lowest BCUT2D eigenvalue weighted by atomic mass is 9.95. The molecule has 2 N–H and O–H groups in total. The molecule has 0 atom stereocenters. The molecule has 0 radical (unpaired) electrons. The number of carbonyl (C=O) groups is 2. The summed E-state index contributed by atoms with van der Waals surface area (Å²) in [5.41, 5.74) is 5.80. The first-order chi connectivity index (χ1) is 17.5. The van der Waals surface area contributed by atoms with Crippen LogP contribution in [0.25, 0.3) is 22.0 Å². The van der Waals surface area contributed by atoms with Gasteiger partial charge in [0.25, 0.3) is 5.91 Å². The number of benzene rings is 3. The first kappa shape index (κ1) is 23.8. The number of piperidine rings is 1. The predicted octanol–water partition coefficient (Wildman–Crippen LogP) is 5.49. The Labute approximate surface area is 210 Å². The number of nitrogens with zero attached hydrogens (tertiary/aromatic N) is 1. The number of aromatic amines is 1. The molecular formula is C30H30FN3O2. The van der Waals surface area contributed by atoms with Crippen molar-refractivity contribution >= 4 is 22.7 Å². The highest BCUT2D eigenvalue weighted by Crippen LogP contribution is 2.24. The zero-order valence-corrected chi connectivity index (χ0v) is 20.4. The van der Waals surface area contributed by atoms with Crippen molar-refractivity contribution in [1.29, 1.82) is 0 Å². The van der Waals surface area contributed by atoms with Gasteiger partial charge in [-0.25, -0.2) is 4.39 Å². The molecule has 0 saturated carbocycles. The molecule has 1 fully saturated rings. The second-order valence-electron chi connectivity index (χ2n) is 9.47. The number of carbonyl (C=O) groups excluding carboxylic acids is 2. The Hall–Kier alpha value is -3.93. The lowest BCUT2D eigenvalue weighted by molar-refractivity contribution is -0.126. The van der Waals surface area contributed by atoms with Crippen LogP contribution in [0.2, 0.25) is 0 Å². The maximum absolute atomic E-state index is 13.7. The summed E-state index contributed by atoms with van der Waals surface area (Å²) in [5, 5.41) is 3.91. The van der Waals surface area contributed by atoms with Crippen molar-refractivity contribution in [2.45, 2.75) is 26.2 Å². The first-order valence-corrected chi connectivity index (χ1v) is 12.5. The molecule has 184 valence electrons. The van der Waals surface area contributed by atoms with Crippen molar-refractivity contribution in [3.05, 3.63) is 95.4 Å². The second-order valence-corrected chi connectivity index (χ2v) is 9.47. The number of hydrogen-bond acceptors (Lipinski definition) is 2. The molecule has 0 aliphatic carbocycles. The van der Waals surface area contributed by atoms with Crippen LogP contribution in [0, 0.1) is 18.7 Å². The Kier molecular flexibility index (Phi) is 6.85. The van der Waals surface area contributed by atoms with Crippen LogP contribution in [0.1, 0.15) is 34.5 Å². The maximum atomic E-state index is 13.7. The Morgan fingerprint density at radius 2 is 1.67 bits per heavy atom. The minimum absolute atomic E-state index is 0.00973. The summed E-state index contributed by atoms with van der Waals surface area (Å²) in [4.78, 5) is 30.9. The van der Waals surface area contributed by atoms with Gasteiger partial charge < -0.3 is 15.2 Å². The van der Waals surface area contributed by atoms with E-state index in [1.54, 1.807) is 6.07 Å². The van der Waals surface area contributed by atoms with Gasteiger partial charge in [0.15, 0.2) is 0 Å². The smallest absolute Gasteiger partial charge is 0.253 e. The van der Waals surface area contributed by atoms with Crippen molar-refractivity contribution in [2.75, 3.05) is 19.6 Å². The first-order valence-electron chi connectivity index (χ1n) is 12.5. The van der Waals surface area contributed by atoms with Crippen LogP contribution in [0.15, 0.2) is 72.8 Å². The van der Waals surface area contributed by atoms with Crippen molar-refractivity contribution in [3.63, 3.8) is 0 Å². The third-order valence-corrected chi connectivity index (χ3v) is 7.15. The zero-order chi connectivity index (χ0) is 25.1. The lowest BCUT2D eigenvalue weighted by Crippen LogP contribution is -2.43. The summed E-state index contributed by atoms with van der Waals surface area (Å²) >= 11 is 0. The molecule has 1 aliphatic rings. The van der Waals surface area contributed by atoms with Crippen molar-refractivity contribution in [1.82, 2.24) is 15.2 Å². The molecule has 6 heteroatoms. The molecule has 0 spiro atoms. The van der Waals surface area contributed by atoms with Crippen molar-refractivity contribution in [3.8, 4) is 11.1 Å². The van der Waals surface area contributed by atoms with Gasteiger partial charge >= 0.3 is 0 Å². The number of nitrogens with one attached hydrogen (secondary N) is 2. The number of halogens is 1. The van der Waals surface area contributed by atoms with E-state index in [0.29, 0.717) is 44.5 Å². The molecule has 2 heterocycles. The van der Waals surface area contributed by atoms with Gasteiger partial charge in [-0.1, -0.05) is 42.5 Å². The molecule has 1 aliphatic heterocycles. The molecule has 5 rings (SSSR count). The van der Waals surface area contributed by atoms with Gasteiger partial charge in [0.2, 0.25) is 5.91 Å². The largest absolute Gasteiger partial charge is 0.358 e. The molecular weight excluding hydrogens is 453 g/mol. The van der Waals surface area contributed by atoms with E-state index in [4.69, 9.17) is 0 Å². The van der Waals surface area contributed by atoms with E-state index in [1.165, 1.54) is 12.1 Å². The van der Waals surface area contributed by atoms with Crippen LogP contribution in [0.5, 0.6) is 0 Å². The molecule has 2 amide bonds.